The maximum Gasteiger partial charge on any atom is 0.250 e. The highest BCUT2D eigenvalue weighted by atomic mass is 32.1. The van der Waals surface area contributed by atoms with E-state index in [0.717, 1.165) is 33.2 Å². The van der Waals surface area contributed by atoms with E-state index >= 15 is 0 Å². The lowest BCUT2D eigenvalue weighted by molar-refractivity contribution is -0.111. The Labute approximate surface area is 168 Å². The Bertz CT molecular complexity index is 960. The highest BCUT2D eigenvalue weighted by Crippen LogP contribution is 2.31. The second-order valence-corrected chi connectivity index (χ2v) is 7.18. The first-order chi connectivity index (χ1) is 13.6. The number of nitrogens with one attached hydrogen (secondary N) is 1. The largest absolute Gasteiger partial charge is 0.497 e. The smallest absolute Gasteiger partial charge is 0.250 e. The number of aromatic nitrogens is 1. The highest BCUT2D eigenvalue weighted by Gasteiger charge is 2.11. The molecule has 1 aromatic heterocycles. The Morgan fingerprint density at radius 1 is 1.11 bits per heavy atom. The molecule has 1 N–H and O–H groups in total. The van der Waals surface area contributed by atoms with Crippen LogP contribution in [0.5, 0.6) is 11.5 Å². The summed E-state index contributed by atoms with van der Waals surface area (Å²) >= 11 is 1.45. The third-order valence-electron chi connectivity index (χ3n) is 4.01. The molecule has 0 unspecified atom stereocenters. The maximum absolute atomic E-state index is 12.2. The van der Waals surface area contributed by atoms with Crippen molar-refractivity contribution < 1.29 is 14.3 Å². The van der Waals surface area contributed by atoms with Crippen LogP contribution in [0.3, 0.4) is 0 Å². The van der Waals surface area contributed by atoms with Gasteiger partial charge in [-0.2, -0.15) is 0 Å². The van der Waals surface area contributed by atoms with Gasteiger partial charge in [-0.15, -0.1) is 11.3 Å². The summed E-state index contributed by atoms with van der Waals surface area (Å²) in [6.07, 6.45) is 3.26. The van der Waals surface area contributed by atoms with Crippen molar-refractivity contribution in [2.24, 2.45) is 0 Å². The predicted molar refractivity (Wildman–Crippen MR) is 114 cm³/mol. The number of amides is 1. The third-order valence-corrected chi connectivity index (χ3v) is 4.89. The second-order valence-electron chi connectivity index (χ2n) is 5.98. The fourth-order valence-corrected chi connectivity index (χ4v) is 3.47. The lowest BCUT2D eigenvalue weighted by Crippen LogP contribution is -2.07. The molecule has 3 aromatic rings. The normalized spacial score (nSPS) is 10.8. The zero-order chi connectivity index (χ0) is 19.9. The Hall–Kier alpha value is -3.12. The van der Waals surface area contributed by atoms with E-state index < -0.39 is 0 Å². The number of carbonyl (C=O) groups is 1. The molecule has 0 spiro atoms. The monoisotopic (exact) mass is 394 g/mol. The number of rotatable bonds is 7. The molecule has 0 radical (unpaired) electrons. The number of aryl methyl sites for hydroxylation is 1. The summed E-state index contributed by atoms with van der Waals surface area (Å²) in [4.78, 5) is 17.8. The minimum atomic E-state index is -0.219. The SMILES string of the molecule is CCOc1ccc(/C=C/C(=O)Nc2nc(-c3ccc(OC)cc3)c(C)s2)cc1. The van der Waals surface area contributed by atoms with Crippen LogP contribution in [0.25, 0.3) is 17.3 Å². The van der Waals surface area contributed by atoms with E-state index in [4.69, 9.17) is 9.47 Å². The quantitative estimate of drug-likeness (QED) is 0.561. The van der Waals surface area contributed by atoms with Crippen molar-refractivity contribution in [3.05, 3.63) is 65.0 Å². The number of carbonyl (C=O) groups excluding carboxylic acids is 1. The Balaban J connectivity index is 1.65. The van der Waals surface area contributed by atoms with E-state index in [0.29, 0.717) is 11.7 Å². The minimum Gasteiger partial charge on any atom is -0.497 e. The van der Waals surface area contributed by atoms with Gasteiger partial charge in [-0.3, -0.25) is 10.1 Å². The van der Waals surface area contributed by atoms with Gasteiger partial charge in [-0.25, -0.2) is 4.98 Å². The molecule has 1 amide bonds. The van der Waals surface area contributed by atoms with Crippen molar-refractivity contribution in [3.63, 3.8) is 0 Å². The lowest BCUT2D eigenvalue weighted by atomic mass is 10.1. The molecule has 0 saturated heterocycles. The fraction of sp³-hybridized carbons (Fsp3) is 0.182. The summed E-state index contributed by atoms with van der Waals surface area (Å²) in [5, 5.41) is 3.40. The first kappa shape index (κ1) is 19.6. The molecule has 0 aliphatic rings. The van der Waals surface area contributed by atoms with Gasteiger partial charge in [0.15, 0.2) is 5.13 Å². The van der Waals surface area contributed by atoms with Crippen LogP contribution < -0.4 is 14.8 Å². The number of methoxy groups -OCH3 is 1. The first-order valence-electron chi connectivity index (χ1n) is 8.93. The molecule has 1 heterocycles. The molecule has 0 aliphatic carbocycles. The van der Waals surface area contributed by atoms with E-state index in [1.165, 1.54) is 17.4 Å². The number of ether oxygens (including phenoxy) is 2. The van der Waals surface area contributed by atoms with Crippen LogP contribution >= 0.6 is 11.3 Å². The Morgan fingerprint density at radius 2 is 1.79 bits per heavy atom. The van der Waals surface area contributed by atoms with E-state index in [1.807, 2.05) is 62.4 Å². The van der Waals surface area contributed by atoms with E-state index in [-0.39, 0.29) is 5.91 Å². The molecule has 2 aromatic carbocycles. The van der Waals surface area contributed by atoms with Gasteiger partial charge in [-0.05, 0) is 61.9 Å². The zero-order valence-electron chi connectivity index (χ0n) is 16.1. The summed E-state index contributed by atoms with van der Waals surface area (Å²) in [7, 11) is 1.64. The number of anilines is 1. The van der Waals surface area contributed by atoms with Crippen molar-refractivity contribution in [2.75, 3.05) is 19.0 Å². The van der Waals surface area contributed by atoms with Crippen LogP contribution in [-0.4, -0.2) is 24.6 Å². The second kappa shape index (κ2) is 9.19. The molecule has 0 fully saturated rings. The van der Waals surface area contributed by atoms with E-state index in [1.54, 1.807) is 13.2 Å². The van der Waals surface area contributed by atoms with Crippen LogP contribution in [0.15, 0.2) is 54.6 Å². The molecule has 0 bridgehead atoms. The predicted octanol–water partition coefficient (Wildman–Crippen LogP) is 5.18. The molecular weight excluding hydrogens is 372 g/mol. The molecule has 3 rings (SSSR count). The average Bonchev–Trinajstić information content (AvgIpc) is 3.07. The lowest BCUT2D eigenvalue weighted by Gasteiger charge is -2.02. The van der Waals surface area contributed by atoms with E-state index in [2.05, 4.69) is 10.3 Å². The van der Waals surface area contributed by atoms with Crippen molar-refractivity contribution in [1.82, 2.24) is 4.98 Å². The summed E-state index contributed by atoms with van der Waals surface area (Å²) < 4.78 is 10.6. The van der Waals surface area contributed by atoms with Crippen molar-refractivity contribution in [3.8, 4) is 22.8 Å². The van der Waals surface area contributed by atoms with Gasteiger partial charge in [-0.1, -0.05) is 12.1 Å². The number of hydrogen-bond donors (Lipinski definition) is 1. The van der Waals surface area contributed by atoms with Gasteiger partial charge in [0, 0.05) is 16.5 Å². The van der Waals surface area contributed by atoms with Crippen LogP contribution in [0, 0.1) is 6.92 Å². The standard InChI is InChI=1S/C22H22N2O3S/c1-4-27-19-10-5-16(6-11-19)7-14-20(25)23-22-24-21(15(2)28-22)17-8-12-18(26-3)13-9-17/h5-14H,4H2,1-3H3,(H,23,24,25)/b14-7+. The van der Waals surface area contributed by atoms with Crippen LogP contribution in [0.4, 0.5) is 5.13 Å². The highest BCUT2D eigenvalue weighted by molar-refractivity contribution is 7.16. The third kappa shape index (κ3) is 4.98. The molecule has 0 saturated carbocycles. The summed E-state index contributed by atoms with van der Waals surface area (Å²) in [5.41, 5.74) is 2.77. The van der Waals surface area contributed by atoms with Gasteiger partial charge in [0.05, 0.1) is 19.4 Å². The average molecular weight is 394 g/mol. The van der Waals surface area contributed by atoms with Crippen molar-refractivity contribution in [2.45, 2.75) is 13.8 Å². The zero-order valence-corrected chi connectivity index (χ0v) is 16.9. The molecule has 0 atom stereocenters. The minimum absolute atomic E-state index is 0.219. The molecular formula is C22H22N2O3S. The number of hydrogen-bond acceptors (Lipinski definition) is 5. The molecule has 5 nitrogen and oxygen atoms in total. The van der Waals surface area contributed by atoms with Gasteiger partial charge in [0.25, 0.3) is 0 Å². The van der Waals surface area contributed by atoms with E-state index in [9.17, 15) is 4.79 Å². The topological polar surface area (TPSA) is 60.5 Å². The van der Waals surface area contributed by atoms with Gasteiger partial charge >= 0.3 is 0 Å². The number of thiazole rings is 1. The molecule has 144 valence electrons. The molecule has 28 heavy (non-hydrogen) atoms. The first-order valence-corrected chi connectivity index (χ1v) is 9.74. The van der Waals surface area contributed by atoms with Gasteiger partial charge in [0.1, 0.15) is 11.5 Å². The molecule has 0 aliphatic heterocycles. The molecule has 6 heteroatoms. The summed E-state index contributed by atoms with van der Waals surface area (Å²) in [5.74, 6) is 1.39. The Kier molecular flexibility index (Phi) is 6.45. The van der Waals surface area contributed by atoms with Crippen molar-refractivity contribution in [1.29, 1.82) is 0 Å². The fourth-order valence-electron chi connectivity index (χ4n) is 2.63. The summed E-state index contributed by atoms with van der Waals surface area (Å²) in [6.45, 7) is 4.56. The van der Waals surface area contributed by atoms with Crippen LogP contribution in [0.1, 0.15) is 17.4 Å². The van der Waals surface area contributed by atoms with Crippen molar-refractivity contribution >= 4 is 28.5 Å². The number of benzene rings is 2. The number of nitrogens with zero attached hydrogens (tertiary/aromatic N) is 1. The summed E-state index contributed by atoms with van der Waals surface area (Å²) in [6, 6.07) is 15.3. The Morgan fingerprint density at radius 3 is 2.43 bits per heavy atom. The van der Waals surface area contributed by atoms with Gasteiger partial charge < -0.3 is 9.47 Å². The maximum atomic E-state index is 12.2. The van der Waals surface area contributed by atoms with Crippen LogP contribution in [0.2, 0.25) is 0 Å². The van der Waals surface area contributed by atoms with Gasteiger partial charge in [0.2, 0.25) is 5.91 Å². The van der Waals surface area contributed by atoms with Crippen LogP contribution in [-0.2, 0) is 4.79 Å².